The maximum atomic E-state index is 6.51. The molecule has 2 aliphatic rings. The molecule has 0 aliphatic heterocycles. The minimum absolute atomic E-state index is 0.201. The lowest BCUT2D eigenvalue weighted by Crippen LogP contribution is -2.42. The first-order chi connectivity index (χ1) is 23.5. The zero-order chi connectivity index (χ0) is 34.2. The summed E-state index contributed by atoms with van der Waals surface area (Å²) in [4.78, 5) is 0. The van der Waals surface area contributed by atoms with Crippen molar-refractivity contribution in [3.63, 3.8) is 0 Å². The number of allylic oxidation sites excluding steroid dienone is 2. The van der Waals surface area contributed by atoms with Crippen molar-refractivity contribution in [1.82, 2.24) is 0 Å². The fraction of sp³-hybridized carbons (Fsp3) is 0.217. The zero-order valence-corrected chi connectivity index (χ0v) is 30.9. The molecule has 3 heteroatoms. The fourth-order valence-electron chi connectivity index (χ4n) is 8.86. The standard InChI is InChI=1S/C46H44O2Si/c1-27-23-37-35(43(31(27)5)33-15-11-9-12-16-33)25-39(41-21-19-29(3)47-41)45(37)49(7,8)46-38-24-28(2)32(6)44(34-17-13-10-14-18-34)36(38)26-40(46)42-22-20-30(4)48-42/h9-26,45-46H,1-8H3. The highest BCUT2D eigenvalue weighted by Gasteiger charge is 2.51. The predicted octanol–water partition coefficient (Wildman–Crippen LogP) is 12.8. The molecule has 2 atom stereocenters. The molecular weight excluding hydrogens is 613 g/mol. The summed E-state index contributed by atoms with van der Waals surface area (Å²) in [7, 11) is -2.40. The van der Waals surface area contributed by atoms with Crippen molar-refractivity contribution in [2.45, 2.75) is 65.7 Å². The molecule has 0 saturated carbocycles. The third-order valence-corrected chi connectivity index (χ3v) is 15.6. The Morgan fingerprint density at radius 3 is 1.22 bits per heavy atom. The first kappa shape index (κ1) is 31.4. The Hall–Kier alpha value is -4.86. The maximum Gasteiger partial charge on any atom is 0.130 e. The molecule has 0 radical (unpaired) electrons. The first-order valence-electron chi connectivity index (χ1n) is 17.5. The maximum absolute atomic E-state index is 6.51. The Kier molecular flexibility index (Phi) is 7.46. The fourth-order valence-corrected chi connectivity index (χ4v) is 13.3. The zero-order valence-electron chi connectivity index (χ0n) is 29.9. The van der Waals surface area contributed by atoms with Crippen molar-refractivity contribution in [3.05, 3.63) is 165 Å². The van der Waals surface area contributed by atoms with Crippen LogP contribution >= 0.6 is 0 Å². The smallest absolute Gasteiger partial charge is 0.130 e. The van der Waals surface area contributed by atoms with Crippen LogP contribution in [-0.4, -0.2) is 8.07 Å². The van der Waals surface area contributed by atoms with Gasteiger partial charge in [-0.15, -0.1) is 0 Å². The summed E-state index contributed by atoms with van der Waals surface area (Å²) < 4.78 is 13.0. The second-order valence-corrected chi connectivity index (χ2v) is 19.6. The third kappa shape index (κ3) is 4.97. The summed E-state index contributed by atoms with van der Waals surface area (Å²) in [5.74, 6) is 3.85. The molecule has 49 heavy (non-hydrogen) atoms. The van der Waals surface area contributed by atoms with Crippen LogP contribution in [0.2, 0.25) is 13.1 Å². The molecule has 2 nitrogen and oxygen atoms in total. The van der Waals surface area contributed by atoms with E-state index in [0.29, 0.717) is 0 Å². The lowest BCUT2D eigenvalue weighted by Gasteiger charge is -2.40. The van der Waals surface area contributed by atoms with Gasteiger partial charge in [0.1, 0.15) is 23.0 Å². The average Bonchev–Trinajstić information content (AvgIpc) is 3.88. The highest BCUT2D eigenvalue weighted by molar-refractivity contribution is 6.84. The molecule has 4 aromatic carbocycles. The molecule has 0 saturated heterocycles. The summed E-state index contributed by atoms with van der Waals surface area (Å²) >= 11 is 0. The molecule has 2 aliphatic carbocycles. The van der Waals surface area contributed by atoms with Crippen LogP contribution in [0.5, 0.6) is 0 Å². The van der Waals surface area contributed by atoms with Crippen molar-refractivity contribution in [2.24, 2.45) is 0 Å². The van der Waals surface area contributed by atoms with Crippen molar-refractivity contribution in [2.75, 3.05) is 0 Å². The second-order valence-electron chi connectivity index (χ2n) is 14.8. The lowest BCUT2D eigenvalue weighted by atomic mass is 9.89. The number of rotatable bonds is 6. The van der Waals surface area contributed by atoms with Crippen LogP contribution in [0.3, 0.4) is 0 Å². The molecule has 0 fully saturated rings. The van der Waals surface area contributed by atoms with Gasteiger partial charge < -0.3 is 8.83 Å². The van der Waals surface area contributed by atoms with Crippen molar-refractivity contribution in [3.8, 4) is 22.3 Å². The Balaban J connectivity index is 1.41. The van der Waals surface area contributed by atoms with Crippen LogP contribution < -0.4 is 0 Å². The monoisotopic (exact) mass is 656 g/mol. The van der Waals surface area contributed by atoms with E-state index >= 15 is 0 Å². The third-order valence-electron chi connectivity index (χ3n) is 11.3. The molecule has 0 spiro atoms. The largest absolute Gasteiger partial charge is 0.462 e. The van der Waals surface area contributed by atoms with Crippen LogP contribution in [0.4, 0.5) is 0 Å². The molecule has 2 unspecified atom stereocenters. The number of hydrogen-bond donors (Lipinski definition) is 0. The Morgan fingerprint density at radius 1 is 0.490 bits per heavy atom. The number of fused-ring (bicyclic) bond motifs is 2. The molecule has 244 valence electrons. The van der Waals surface area contributed by atoms with Crippen LogP contribution in [0.15, 0.2) is 106 Å². The SMILES string of the molecule is Cc1ccc(C2=Cc3c(cc(C)c(C)c3-c3ccccc3)C2[Si](C)(C)C2C(c3ccc(C)o3)=Cc3c2cc(C)c(C)c3-c2ccccc2)o1. The van der Waals surface area contributed by atoms with Gasteiger partial charge in [-0.05, 0) is 145 Å². The Morgan fingerprint density at radius 2 is 0.878 bits per heavy atom. The Bertz CT molecular complexity index is 2150. The first-order valence-corrected chi connectivity index (χ1v) is 20.7. The van der Waals surface area contributed by atoms with Gasteiger partial charge in [0.25, 0.3) is 0 Å². The Labute approximate surface area is 291 Å². The van der Waals surface area contributed by atoms with Crippen molar-refractivity contribution in [1.29, 1.82) is 0 Å². The normalized spacial score (nSPS) is 16.8. The van der Waals surface area contributed by atoms with Crippen LogP contribution in [0.25, 0.3) is 45.6 Å². The topological polar surface area (TPSA) is 26.3 Å². The summed E-state index contributed by atoms with van der Waals surface area (Å²) in [6.07, 6.45) is 4.93. The van der Waals surface area contributed by atoms with Gasteiger partial charge in [0.05, 0.1) is 8.07 Å². The molecule has 2 aromatic heterocycles. The molecule has 6 aromatic rings. The highest BCUT2D eigenvalue weighted by Crippen LogP contribution is 2.59. The van der Waals surface area contributed by atoms with Gasteiger partial charge in [-0.1, -0.05) is 85.9 Å². The van der Waals surface area contributed by atoms with Crippen LogP contribution in [-0.2, 0) is 0 Å². The van der Waals surface area contributed by atoms with E-state index in [2.05, 4.69) is 164 Å². The van der Waals surface area contributed by atoms with Gasteiger partial charge in [-0.25, -0.2) is 0 Å². The molecule has 0 N–H and O–H groups in total. The summed E-state index contributed by atoms with van der Waals surface area (Å²) in [5.41, 5.74) is 19.1. The van der Waals surface area contributed by atoms with E-state index in [1.54, 1.807) is 0 Å². The lowest BCUT2D eigenvalue weighted by molar-refractivity contribution is 0.519. The quantitative estimate of drug-likeness (QED) is 0.167. The van der Waals surface area contributed by atoms with Gasteiger partial charge in [0.15, 0.2) is 0 Å². The van der Waals surface area contributed by atoms with Crippen molar-refractivity contribution >= 4 is 31.4 Å². The minimum Gasteiger partial charge on any atom is -0.462 e. The van der Waals surface area contributed by atoms with Crippen LogP contribution in [0.1, 0.15) is 78.6 Å². The van der Waals surface area contributed by atoms with Crippen LogP contribution in [0, 0.1) is 41.5 Å². The van der Waals surface area contributed by atoms with E-state index in [1.165, 1.54) is 77.9 Å². The summed E-state index contributed by atoms with van der Waals surface area (Å²) in [6, 6.07) is 35.4. The second kappa shape index (κ2) is 11.6. The van der Waals surface area contributed by atoms with Gasteiger partial charge in [0.2, 0.25) is 0 Å². The van der Waals surface area contributed by atoms with Gasteiger partial charge in [-0.3, -0.25) is 0 Å². The van der Waals surface area contributed by atoms with E-state index in [0.717, 1.165) is 23.0 Å². The summed E-state index contributed by atoms with van der Waals surface area (Å²) in [5, 5.41) is 0. The highest BCUT2D eigenvalue weighted by atomic mass is 28.3. The van der Waals surface area contributed by atoms with E-state index in [9.17, 15) is 0 Å². The van der Waals surface area contributed by atoms with Gasteiger partial charge in [0, 0.05) is 22.2 Å². The van der Waals surface area contributed by atoms with E-state index < -0.39 is 8.07 Å². The molecule has 0 bridgehead atoms. The van der Waals surface area contributed by atoms with E-state index in [1.807, 2.05) is 0 Å². The molecule has 2 heterocycles. The molecule has 0 amide bonds. The molecular formula is C46H44O2Si. The number of hydrogen-bond acceptors (Lipinski definition) is 2. The van der Waals surface area contributed by atoms with Crippen molar-refractivity contribution < 1.29 is 8.83 Å². The van der Waals surface area contributed by atoms with Gasteiger partial charge >= 0.3 is 0 Å². The number of furan rings is 2. The molecule has 8 rings (SSSR count). The number of benzene rings is 4. The summed E-state index contributed by atoms with van der Waals surface area (Å²) in [6.45, 7) is 18.4. The average molecular weight is 657 g/mol. The van der Waals surface area contributed by atoms with E-state index in [-0.39, 0.29) is 11.1 Å². The van der Waals surface area contributed by atoms with E-state index in [4.69, 9.17) is 8.83 Å². The predicted molar refractivity (Wildman–Crippen MR) is 208 cm³/mol. The minimum atomic E-state index is -2.40. The number of aryl methyl sites for hydroxylation is 4. The van der Waals surface area contributed by atoms with Gasteiger partial charge in [-0.2, -0.15) is 0 Å².